The third-order valence-electron chi connectivity index (χ3n) is 5.36. The summed E-state index contributed by atoms with van der Waals surface area (Å²) in [7, 11) is -4.19. The Kier molecular flexibility index (Phi) is 10.2. The van der Waals surface area contributed by atoms with E-state index < -0.39 is 34.4 Å². The highest BCUT2D eigenvalue weighted by Gasteiger charge is 2.20. The molecule has 5 N–H and O–H groups in total. The molecule has 12 nitrogen and oxygen atoms in total. The molecule has 0 saturated heterocycles. The van der Waals surface area contributed by atoms with Crippen molar-refractivity contribution in [3.63, 3.8) is 0 Å². The molecule has 204 valence electrons. The summed E-state index contributed by atoms with van der Waals surface area (Å²) in [5.41, 5.74) is 8.49. The summed E-state index contributed by atoms with van der Waals surface area (Å²) in [6.45, 7) is -0.0370. The largest absolute Gasteiger partial charge is 0.356 e. The lowest BCUT2D eigenvalue weighted by Gasteiger charge is -2.09. The van der Waals surface area contributed by atoms with Crippen molar-refractivity contribution in [2.45, 2.75) is 24.2 Å². The predicted molar refractivity (Wildman–Crippen MR) is 139 cm³/mol. The van der Waals surface area contributed by atoms with Gasteiger partial charge in [0.2, 0.25) is 5.91 Å². The Labute approximate surface area is 225 Å². The molecule has 0 fully saturated rings. The molecule has 1 aromatic heterocycles. The zero-order valence-electron chi connectivity index (χ0n) is 20.8. The van der Waals surface area contributed by atoms with Crippen LogP contribution >= 0.6 is 0 Å². The van der Waals surface area contributed by atoms with Crippen molar-refractivity contribution in [3.8, 4) is 0 Å². The van der Waals surface area contributed by atoms with Crippen LogP contribution in [0.3, 0.4) is 0 Å². The van der Waals surface area contributed by atoms with Gasteiger partial charge in [-0.25, -0.2) is 17.9 Å². The van der Waals surface area contributed by atoms with Gasteiger partial charge < -0.3 is 15.9 Å². The minimum atomic E-state index is -4.19. The molecule has 2 aromatic carbocycles. The standard InChI is InChI=1S/C26H27N5O7S/c27-16-24(33)38-30-26(35)22-12-9-20(17-29-22)25(34)31-39(36,37)21-10-6-19(7-11-21)14-15-28-23(32)13-8-18-4-2-1-3-5-18/h1-7,9-12,17H,8,13-16,27H2,(H,28,32)(H,30,35)(H,31,34). The Hall–Kier alpha value is -4.62. The Morgan fingerprint density at radius 2 is 1.54 bits per heavy atom. The van der Waals surface area contributed by atoms with E-state index in [9.17, 15) is 27.6 Å². The number of nitrogens with zero attached hydrogens (tertiary/aromatic N) is 1. The van der Waals surface area contributed by atoms with E-state index in [2.05, 4.69) is 15.1 Å². The fourth-order valence-corrected chi connectivity index (χ4v) is 4.25. The van der Waals surface area contributed by atoms with E-state index in [0.29, 0.717) is 25.8 Å². The van der Waals surface area contributed by atoms with Crippen molar-refractivity contribution in [2.24, 2.45) is 5.73 Å². The zero-order chi connectivity index (χ0) is 28.3. The molecule has 0 bridgehead atoms. The van der Waals surface area contributed by atoms with E-state index in [4.69, 9.17) is 5.73 Å². The van der Waals surface area contributed by atoms with Gasteiger partial charge in [0.15, 0.2) is 0 Å². The van der Waals surface area contributed by atoms with Crippen molar-refractivity contribution in [2.75, 3.05) is 13.1 Å². The van der Waals surface area contributed by atoms with Crippen LogP contribution in [0.2, 0.25) is 0 Å². The van der Waals surface area contributed by atoms with Crippen molar-refractivity contribution in [3.05, 3.63) is 95.3 Å². The number of hydroxylamine groups is 1. The van der Waals surface area contributed by atoms with E-state index in [1.54, 1.807) is 12.1 Å². The second-order valence-electron chi connectivity index (χ2n) is 8.21. The van der Waals surface area contributed by atoms with Gasteiger partial charge >= 0.3 is 11.9 Å². The van der Waals surface area contributed by atoms with E-state index in [1.165, 1.54) is 18.2 Å². The summed E-state index contributed by atoms with van der Waals surface area (Å²) >= 11 is 0. The van der Waals surface area contributed by atoms with E-state index in [1.807, 2.05) is 40.5 Å². The third-order valence-corrected chi connectivity index (χ3v) is 6.71. The number of carbonyl (C=O) groups excluding carboxylic acids is 4. The fourth-order valence-electron chi connectivity index (χ4n) is 3.27. The van der Waals surface area contributed by atoms with Gasteiger partial charge in [0.1, 0.15) is 5.69 Å². The fraction of sp³-hybridized carbons (Fsp3) is 0.192. The molecular weight excluding hydrogens is 526 g/mol. The first kappa shape index (κ1) is 28.9. The van der Waals surface area contributed by atoms with Crippen LogP contribution in [-0.2, 0) is 37.3 Å². The summed E-state index contributed by atoms with van der Waals surface area (Å²) in [6.07, 6.45) is 2.52. The number of sulfonamides is 1. The molecule has 3 aromatic rings. The average Bonchev–Trinajstić information content (AvgIpc) is 2.95. The van der Waals surface area contributed by atoms with Gasteiger partial charge in [0, 0.05) is 19.2 Å². The highest BCUT2D eigenvalue weighted by molar-refractivity contribution is 7.90. The van der Waals surface area contributed by atoms with Gasteiger partial charge in [-0.15, -0.1) is 0 Å². The summed E-state index contributed by atoms with van der Waals surface area (Å²) in [5.74, 6) is -2.74. The lowest BCUT2D eigenvalue weighted by Crippen LogP contribution is -2.32. The monoisotopic (exact) mass is 553 g/mol. The molecule has 0 spiro atoms. The lowest BCUT2D eigenvalue weighted by atomic mass is 10.1. The van der Waals surface area contributed by atoms with Crippen LogP contribution in [0.25, 0.3) is 0 Å². The third kappa shape index (κ3) is 9.02. The number of aryl methyl sites for hydroxylation is 1. The quantitative estimate of drug-likeness (QED) is 0.247. The second kappa shape index (κ2) is 13.8. The van der Waals surface area contributed by atoms with Gasteiger partial charge in [0.05, 0.1) is 17.0 Å². The number of nitrogens with two attached hydrogens (primary N) is 1. The summed E-state index contributed by atoms with van der Waals surface area (Å²) < 4.78 is 27.2. The molecule has 1 heterocycles. The minimum absolute atomic E-state index is 0.0704. The molecule has 39 heavy (non-hydrogen) atoms. The average molecular weight is 554 g/mol. The topological polar surface area (TPSA) is 187 Å². The summed E-state index contributed by atoms with van der Waals surface area (Å²) in [5, 5.41) is 2.84. The SMILES string of the molecule is NCC(=O)ONC(=O)c1ccc(C(=O)NS(=O)(=O)c2ccc(CCNC(=O)CCc3ccccc3)cc2)cn1. The molecule has 0 atom stereocenters. The van der Waals surface area contributed by atoms with Crippen LogP contribution in [-0.4, -0.2) is 50.2 Å². The van der Waals surface area contributed by atoms with Gasteiger partial charge in [-0.05, 0) is 48.2 Å². The first-order valence-corrected chi connectivity index (χ1v) is 13.3. The maximum atomic E-state index is 12.6. The first-order chi connectivity index (χ1) is 18.7. The number of rotatable bonds is 11. The highest BCUT2D eigenvalue weighted by atomic mass is 32.2. The van der Waals surface area contributed by atoms with Crippen LogP contribution in [0.5, 0.6) is 0 Å². The predicted octanol–water partition coefficient (Wildman–Crippen LogP) is 0.639. The minimum Gasteiger partial charge on any atom is -0.356 e. The van der Waals surface area contributed by atoms with Crippen LogP contribution in [0.1, 0.15) is 38.4 Å². The Balaban J connectivity index is 1.47. The molecule has 0 saturated carbocycles. The summed E-state index contributed by atoms with van der Waals surface area (Å²) in [6, 6.07) is 18.0. The number of benzene rings is 2. The van der Waals surface area contributed by atoms with E-state index in [0.717, 1.165) is 23.4 Å². The van der Waals surface area contributed by atoms with Crippen molar-refractivity contribution >= 4 is 33.7 Å². The number of nitrogens with one attached hydrogen (secondary N) is 3. The van der Waals surface area contributed by atoms with Crippen LogP contribution < -0.4 is 21.3 Å². The van der Waals surface area contributed by atoms with Crippen LogP contribution in [0, 0.1) is 0 Å². The van der Waals surface area contributed by atoms with Crippen LogP contribution in [0.15, 0.2) is 77.8 Å². The Morgan fingerprint density at radius 3 is 2.18 bits per heavy atom. The van der Waals surface area contributed by atoms with E-state index >= 15 is 0 Å². The molecular formula is C26H27N5O7S. The van der Waals surface area contributed by atoms with Crippen LogP contribution in [0.4, 0.5) is 0 Å². The van der Waals surface area contributed by atoms with Crippen molar-refractivity contribution in [1.29, 1.82) is 0 Å². The van der Waals surface area contributed by atoms with Crippen molar-refractivity contribution in [1.82, 2.24) is 20.5 Å². The van der Waals surface area contributed by atoms with Gasteiger partial charge in [0.25, 0.3) is 15.9 Å². The van der Waals surface area contributed by atoms with Gasteiger partial charge in [-0.1, -0.05) is 42.5 Å². The molecule has 0 aliphatic carbocycles. The molecule has 13 heteroatoms. The highest BCUT2D eigenvalue weighted by Crippen LogP contribution is 2.12. The van der Waals surface area contributed by atoms with Gasteiger partial charge in [-0.2, -0.15) is 5.48 Å². The number of hydrogen-bond acceptors (Lipinski definition) is 9. The lowest BCUT2D eigenvalue weighted by molar-refractivity contribution is -0.147. The molecule has 3 rings (SSSR count). The number of amides is 3. The Bertz CT molecular complexity index is 1410. The number of aromatic nitrogens is 1. The zero-order valence-corrected chi connectivity index (χ0v) is 21.6. The molecule has 0 aliphatic heterocycles. The molecule has 0 radical (unpaired) electrons. The number of pyridine rings is 1. The second-order valence-corrected chi connectivity index (χ2v) is 9.89. The summed E-state index contributed by atoms with van der Waals surface area (Å²) in [4.78, 5) is 55.4. The Morgan fingerprint density at radius 1 is 0.846 bits per heavy atom. The van der Waals surface area contributed by atoms with Crippen molar-refractivity contribution < 1.29 is 32.4 Å². The molecule has 0 unspecified atom stereocenters. The maximum Gasteiger partial charge on any atom is 0.345 e. The smallest absolute Gasteiger partial charge is 0.345 e. The molecule has 3 amide bonds. The first-order valence-electron chi connectivity index (χ1n) is 11.8. The van der Waals surface area contributed by atoms with Gasteiger partial charge in [-0.3, -0.25) is 19.4 Å². The molecule has 0 aliphatic rings. The maximum absolute atomic E-state index is 12.6. The normalized spacial score (nSPS) is 10.8. The number of carbonyl (C=O) groups is 4. The van der Waals surface area contributed by atoms with E-state index in [-0.39, 0.29) is 22.1 Å². The number of hydrogen-bond donors (Lipinski definition) is 4.